The quantitative estimate of drug-likeness (QED) is 0.665. The lowest BCUT2D eigenvalue weighted by Crippen LogP contribution is -2.41. The summed E-state index contributed by atoms with van der Waals surface area (Å²) in [4.78, 5) is 0. The molecule has 0 aliphatic rings. The summed E-state index contributed by atoms with van der Waals surface area (Å²) in [7, 11) is -3.45. The minimum Gasteiger partial charge on any atom is -0.399 e. The Morgan fingerprint density at radius 3 is 2.28 bits per heavy atom. The molecule has 0 fully saturated rings. The zero-order chi connectivity index (χ0) is 13.8. The summed E-state index contributed by atoms with van der Waals surface area (Å²) in [6.45, 7) is 3.50. The van der Waals surface area contributed by atoms with Crippen molar-refractivity contribution in [3.63, 3.8) is 0 Å². The molecule has 6 heteroatoms. The SMILES string of the molecule is CC(C)[C@@H](CO)NS(=O)(=O)Cc1ccc(N)cc1. The zero-order valence-corrected chi connectivity index (χ0v) is 11.4. The first-order chi connectivity index (χ1) is 8.34. The van der Waals surface area contributed by atoms with E-state index in [1.807, 2.05) is 13.8 Å². The van der Waals surface area contributed by atoms with Gasteiger partial charge in [-0.05, 0) is 23.6 Å². The Kier molecular flexibility index (Phi) is 5.13. The number of sulfonamides is 1. The van der Waals surface area contributed by atoms with Gasteiger partial charge in [-0.25, -0.2) is 13.1 Å². The van der Waals surface area contributed by atoms with Gasteiger partial charge in [-0.15, -0.1) is 0 Å². The third-order valence-corrected chi connectivity index (χ3v) is 4.04. The summed E-state index contributed by atoms with van der Waals surface area (Å²) in [5.41, 5.74) is 6.80. The number of nitrogens with one attached hydrogen (secondary N) is 1. The maximum atomic E-state index is 11.9. The van der Waals surface area contributed by atoms with E-state index in [0.29, 0.717) is 11.3 Å². The van der Waals surface area contributed by atoms with E-state index in [-0.39, 0.29) is 18.3 Å². The van der Waals surface area contributed by atoms with Crippen molar-refractivity contribution in [1.29, 1.82) is 0 Å². The monoisotopic (exact) mass is 272 g/mol. The molecule has 4 N–H and O–H groups in total. The molecule has 1 aromatic rings. The summed E-state index contributed by atoms with van der Waals surface area (Å²) in [6.07, 6.45) is 0. The molecule has 0 aromatic heterocycles. The number of hydrogen-bond donors (Lipinski definition) is 3. The largest absolute Gasteiger partial charge is 0.399 e. The van der Waals surface area contributed by atoms with Crippen LogP contribution in [0, 0.1) is 5.92 Å². The van der Waals surface area contributed by atoms with Crippen molar-refractivity contribution in [3.8, 4) is 0 Å². The van der Waals surface area contributed by atoms with Crippen molar-refractivity contribution >= 4 is 15.7 Å². The molecular formula is C12H20N2O3S. The molecule has 0 aliphatic carbocycles. The van der Waals surface area contributed by atoms with Crippen LogP contribution in [-0.4, -0.2) is 26.2 Å². The molecule has 0 amide bonds. The van der Waals surface area contributed by atoms with Crippen LogP contribution in [-0.2, 0) is 15.8 Å². The molecule has 1 aromatic carbocycles. The third kappa shape index (κ3) is 4.64. The first kappa shape index (κ1) is 14.9. The Morgan fingerprint density at radius 2 is 1.83 bits per heavy atom. The van der Waals surface area contributed by atoms with E-state index in [2.05, 4.69) is 4.72 Å². The van der Waals surface area contributed by atoms with Crippen LogP contribution in [0.15, 0.2) is 24.3 Å². The number of aliphatic hydroxyl groups excluding tert-OH is 1. The Balaban J connectivity index is 2.73. The molecular weight excluding hydrogens is 252 g/mol. The zero-order valence-electron chi connectivity index (χ0n) is 10.6. The molecule has 102 valence electrons. The average Bonchev–Trinajstić information content (AvgIpc) is 2.28. The molecule has 0 radical (unpaired) electrons. The fourth-order valence-corrected chi connectivity index (χ4v) is 3.01. The highest BCUT2D eigenvalue weighted by Crippen LogP contribution is 2.10. The third-order valence-electron chi connectivity index (χ3n) is 2.67. The second-order valence-corrected chi connectivity index (χ2v) is 6.41. The van der Waals surface area contributed by atoms with Crippen LogP contribution in [0.3, 0.4) is 0 Å². The van der Waals surface area contributed by atoms with Crippen molar-refractivity contribution in [2.24, 2.45) is 5.92 Å². The lowest BCUT2D eigenvalue weighted by Gasteiger charge is -2.19. The lowest BCUT2D eigenvalue weighted by molar-refractivity contribution is 0.227. The van der Waals surface area contributed by atoms with E-state index in [9.17, 15) is 8.42 Å². The molecule has 0 unspecified atom stereocenters. The van der Waals surface area contributed by atoms with Gasteiger partial charge in [0.15, 0.2) is 0 Å². The molecule has 0 aliphatic heterocycles. The summed E-state index contributed by atoms with van der Waals surface area (Å²) in [5, 5.41) is 9.12. The number of hydrogen-bond acceptors (Lipinski definition) is 4. The van der Waals surface area contributed by atoms with Gasteiger partial charge in [0.25, 0.3) is 0 Å². The number of anilines is 1. The molecule has 1 rings (SSSR count). The molecule has 0 saturated heterocycles. The van der Waals surface area contributed by atoms with Gasteiger partial charge in [0.2, 0.25) is 10.0 Å². The maximum absolute atomic E-state index is 11.9. The fourth-order valence-electron chi connectivity index (χ4n) is 1.49. The summed E-state index contributed by atoms with van der Waals surface area (Å²) < 4.78 is 26.3. The van der Waals surface area contributed by atoms with E-state index in [1.165, 1.54) is 0 Å². The number of aliphatic hydroxyl groups is 1. The van der Waals surface area contributed by atoms with E-state index in [0.717, 1.165) is 0 Å². The molecule has 0 spiro atoms. The predicted octanol–water partition coefficient (Wildman–Crippen LogP) is 0.705. The van der Waals surface area contributed by atoms with Gasteiger partial charge in [-0.3, -0.25) is 0 Å². The Hall–Kier alpha value is -1.11. The van der Waals surface area contributed by atoms with E-state index in [4.69, 9.17) is 10.8 Å². The summed E-state index contributed by atoms with van der Waals surface area (Å²) in [5.74, 6) is -0.0764. The van der Waals surface area contributed by atoms with Crippen LogP contribution in [0.25, 0.3) is 0 Å². The second-order valence-electron chi connectivity index (χ2n) is 4.65. The Morgan fingerprint density at radius 1 is 1.28 bits per heavy atom. The highest BCUT2D eigenvalue weighted by molar-refractivity contribution is 7.88. The van der Waals surface area contributed by atoms with Gasteiger partial charge >= 0.3 is 0 Å². The maximum Gasteiger partial charge on any atom is 0.216 e. The molecule has 0 bridgehead atoms. The second kappa shape index (κ2) is 6.17. The van der Waals surface area contributed by atoms with Gasteiger partial charge in [-0.1, -0.05) is 26.0 Å². The number of nitrogens with two attached hydrogens (primary N) is 1. The topological polar surface area (TPSA) is 92.4 Å². The standard InChI is InChI=1S/C12H20N2O3S/c1-9(2)12(7-15)14-18(16,17)8-10-3-5-11(13)6-4-10/h3-6,9,12,14-15H,7-8,13H2,1-2H3/t12-/m1/s1. The van der Waals surface area contributed by atoms with Crippen molar-refractivity contribution in [2.45, 2.75) is 25.6 Å². The van der Waals surface area contributed by atoms with Gasteiger partial charge in [0.05, 0.1) is 12.4 Å². The predicted molar refractivity (Wildman–Crippen MR) is 72.3 cm³/mol. The summed E-state index contributed by atoms with van der Waals surface area (Å²) in [6, 6.07) is 6.23. The highest BCUT2D eigenvalue weighted by atomic mass is 32.2. The van der Waals surface area contributed by atoms with E-state index >= 15 is 0 Å². The average molecular weight is 272 g/mol. The lowest BCUT2D eigenvalue weighted by atomic mass is 10.1. The molecule has 18 heavy (non-hydrogen) atoms. The number of benzene rings is 1. The van der Waals surface area contributed by atoms with E-state index in [1.54, 1.807) is 24.3 Å². The van der Waals surface area contributed by atoms with Crippen LogP contribution in [0.1, 0.15) is 19.4 Å². The van der Waals surface area contributed by atoms with Gasteiger partial charge in [0, 0.05) is 11.7 Å². The number of rotatable bonds is 6. The molecule has 5 nitrogen and oxygen atoms in total. The Labute approximate surface area is 108 Å². The first-order valence-electron chi connectivity index (χ1n) is 5.79. The van der Waals surface area contributed by atoms with Crippen molar-refractivity contribution in [3.05, 3.63) is 29.8 Å². The van der Waals surface area contributed by atoms with Crippen LogP contribution < -0.4 is 10.5 Å². The highest BCUT2D eigenvalue weighted by Gasteiger charge is 2.20. The van der Waals surface area contributed by atoms with Crippen LogP contribution in [0.4, 0.5) is 5.69 Å². The first-order valence-corrected chi connectivity index (χ1v) is 7.44. The molecule has 0 heterocycles. The molecule has 0 saturated carbocycles. The molecule has 1 atom stereocenters. The summed E-state index contributed by atoms with van der Waals surface area (Å²) >= 11 is 0. The Bertz CT molecular complexity index is 469. The van der Waals surface area contributed by atoms with Crippen molar-refractivity contribution in [2.75, 3.05) is 12.3 Å². The van der Waals surface area contributed by atoms with E-state index < -0.39 is 16.1 Å². The minimum atomic E-state index is -3.45. The minimum absolute atomic E-state index is 0.0381. The van der Waals surface area contributed by atoms with Crippen LogP contribution in [0.5, 0.6) is 0 Å². The van der Waals surface area contributed by atoms with Crippen molar-refractivity contribution in [1.82, 2.24) is 4.72 Å². The van der Waals surface area contributed by atoms with Crippen LogP contribution in [0.2, 0.25) is 0 Å². The van der Waals surface area contributed by atoms with Gasteiger partial charge in [0.1, 0.15) is 0 Å². The van der Waals surface area contributed by atoms with Crippen molar-refractivity contribution < 1.29 is 13.5 Å². The number of nitrogen functional groups attached to an aromatic ring is 1. The van der Waals surface area contributed by atoms with Gasteiger partial charge < -0.3 is 10.8 Å². The van der Waals surface area contributed by atoms with Crippen LogP contribution >= 0.6 is 0 Å². The van der Waals surface area contributed by atoms with Gasteiger partial charge in [-0.2, -0.15) is 0 Å². The normalized spacial score (nSPS) is 13.8. The smallest absolute Gasteiger partial charge is 0.216 e. The fraction of sp³-hybridized carbons (Fsp3) is 0.500.